The quantitative estimate of drug-likeness (QED) is 0.358. The van der Waals surface area contributed by atoms with Crippen molar-refractivity contribution in [3.63, 3.8) is 0 Å². The SMILES string of the molecule is CCCC1CCCCN1C(=O)C1(C(N)=NO)CCOCC1. The molecule has 1 atom stereocenters. The summed E-state index contributed by atoms with van der Waals surface area (Å²) in [4.78, 5) is 15.1. The number of nitrogens with two attached hydrogens (primary N) is 1. The van der Waals surface area contributed by atoms with Gasteiger partial charge >= 0.3 is 0 Å². The lowest BCUT2D eigenvalue weighted by Crippen LogP contribution is -2.57. The minimum atomic E-state index is -0.879. The van der Waals surface area contributed by atoms with Gasteiger partial charge in [0, 0.05) is 25.8 Å². The highest BCUT2D eigenvalue weighted by Crippen LogP contribution is 2.36. The minimum Gasteiger partial charge on any atom is -0.409 e. The van der Waals surface area contributed by atoms with Crippen LogP contribution in [0.1, 0.15) is 51.9 Å². The van der Waals surface area contributed by atoms with Gasteiger partial charge in [-0.15, -0.1) is 0 Å². The maximum absolute atomic E-state index is 13.2. The molecular formula is C15H27N3O3. The predicted molar refractivity (Wildman–Crippen MR) is 80.2 cm³/mol. The lowest BCUT2D eigenvalue weighted by molar-refractivity contribution is -0.146. The van der Waals surface area contributed by atoms with Crippen molar-refractivity contribution in [3.05, 3.63) is 0 Å². The van der Waals surface area contributed by atoms with Crippen LogP contribution in [-0.2, 0) is 9.53 Å². The molecule has 1 amide bonds. The van der Waals surface area contributed by atoms with Crippen molar-refractivity contribution in [1.29, 1.82) is 0 Å². The van der Waals surface area contributed by atoms with E-state index in [1.165, 1.54) is 6.42 Å². The number of carbonyl (C=O) groups is 1. The van der Waals surface area contributed by atoms with Gasteiger partial charge in [0.25, 0.3) is 0 Å². The van der Waals surface area contributed by atoms with Crippen molar-refractivity contribution in [2.75, 3.05) is 19.8 Å². The number of amidine groups is 1. The minimum absolute atomic E-state index is 0.0271. The summed E-state index contributed by atoms with van der Waals surface area (Å²) in [5.74, 6) is 0.0656. The first-order valence-electron chi connectivity index (χ1n) is 8.02. The fourth-order valence-corrected chi connectivity index (χ4v) is 3.57. The number of carbonyl (C=O) groups excluding carboxylic acids is 1. The molecular weight excluding hydrogens is 270 g/mol. The number of amides is 1. The number of nitrogens with zero attached hydrogens (tertiary/aromatic N) is 2. The Morgan fingerprint density at radius 1 is 1.43 bits per heavy atom. The van der Waals surface area contributed by atoms with E-state index >= 15 is 0 Å². The summed E-state index contributed by atoms with van der Waals surface area (Å²) in [6.45, 7) is 3.89. The van der Waals surface area contributed by atoms with Gasteiger partial charge < -0.3 is 20.6 Å². The molecule has 2 aliphatic heterocycles. The van der Waals surface area contributed by atoms with Crippen LogP contribution < -0.4 is 5.73 Å². The first-order chi connectivity index (χ1) is 10.2. The Hall–Kier alpha value is -1.30. The molecule has 0 aliphatic carbocycles. The number of piperidine rings is 1. The van der Waals surface area contributed by atoms with Crippen LogP contribution in [0.5, 0.6) is 0 Å². The monoisotopic (exact) mass is 297 g/mol. The van der Waals surface area contributed by atoms with E-state index in [1.807, 2.05) is 4.90 Å². The van der Waals surface area contributed by atoms with Crippen molar-refractivity contribution in [1.82, 2.24) is 4.90 Å². The predicted octanol–water partition coefficient (Wildman–Crippen LogP) is 1.71. The number of hydrogen-bond acceptors (Lipinski definition) is 4. The smallest absolute Gasteiger partial charge is 0.236 e. The third kappa shape index (κ3) is 3.15. The molecule has 1 unspecified atom stereocenters. The molecule has 0 aromatic heterocycles. The molecule has 2 saturated heterocycles. The number of hydrogen-bond donors (Lipinski definition) is 2. The van der Waals surface area contributed by atoms with Crippen LogP contribution in [0.2, 0.25) is 0 Å². The lowest BCUT2D eigenvalue weighted by Gasteiger charge is -2.43. The van der Waals surface area contributed by atoms with Crippen molar-refractivity contribution in [2.24, 2.45) is 16.3 Å². The molecule has 0 bridgehead atoms. The zero-order chi connectivity index (χ0) is 15.3. The summed E-state index contributed by atoms with van der Waals surface area (Å²) in [7, 11) is 0. The Labute approximate surface area is 126 Å². The average Bonchev–Trinajstić information content (AvgIpc) is 2.55. The number of ether oxygens (including phenoxy) is 1. The second-order valence-electron chi connectivity index (χ2n) is 6.12. The van der Waals surface area contributed by atoms with E-state index in [0.29, 0.717) is 32.1 Å². The van der Waals surface area contributed by atoms with Crippen LogP contribution in [0.4, 0.5) is 0 Å². The average molecular weight is 297 g/mol. The summed E-state index contributed by atoms with van der Waals surface area (Å²) < 4.78 is 5.37. The maximum atomic E-state index is 13.2. The van der Waals surface area contributed by atoms with E-state index < -0.39 is 5.41 Å². The van der Waals surface area contributed by atoms with Gasteiger partial charge in [-0.25, -0.2) is 0 Å². The Balaban J connectivity index is 2.24. The molecule has 6 nitrogen and oxygen atoms in total. The molecule has 0 aromatic rings. The van der Waals surface area contributed by atoms with E-state index in [0.717, 1.165) is 32.2 Å². The Bertz CT molecular complexity index is 390. The van der Waals surface area contributed by atoms with Crippen molar-refractivity contribution in [3.8, 4) is 0 Å². The highest BCUT2D eigenvalue weighted by Gasteiger charge is 2.48. The van der Waals surface area contributed by atoms with E-state index in [9.17, 15) is 4.79 Å². The fourth-order valence-electron chi connectivity index (χ4n) is 3.57. The number of likely N-dealkylation sites (tertiary alicyclic amines) is 1. The van der Waals surface area contributed by atoms with Crippen LogP contribution in [0.25, 0.3) is 0 Å². The maximum Gasteiger partial charge on any atom is 0.236 e. The first-order valence-corrected chi connectivity index (χ1v) is 8.02. The standard InChI is InChI=1S/C15H27N3O3/c1-2-5-12-6-3-4-9-18(12)14(19)15(13(16)17-20)7-10-21-11-8-15/h12,20H,2-11H2,1H3,(H2,16,17). The molecule has 2 heterocycles. The zero-order valence-electron chi connectivity index (χ0n) is 12.9. The van der Waals surface area contributed by atoms with Crippen molar-refractivity contribution in [2.45, 2.75) is 57.9 Å². The lowest BCUT2D eigenvalue weighted by atomic mass is 9.76. The molecule has 2 fully saturated rings. The topological polar surface area (TPSA) is 88.2 Å². The van der Waals surface area contributed by atoms with Gasteiger partial charge in [-0.2, -0.15) is 0 Å². The van der Waals surface area contributed by atoms with Crippen molar-refractivity contribution < 1.29 is 14.7 Å². The summed E-state index contributed by atoms with van der Waals surface area (Å²) in [6, 6.07) is 0.294. The highest BCUT2D eigenvalue weighted by molar-refractivity contribution is 6.07. The second-order valence-corrected chi connectivity index (χ2v) is 6.12. The first kappa shape index (κ1) is 16.1. The zero-order valence-corrected chi connectivity index (χ0v) is 12.9. The Morgan fingerprint density at radius 2 is 2.14 bits per heavy atom. The van der Waals surface area contributed by atoms with E-state index in [4.69, 9.17) is 15.7 Å². The Morgan fingerprint density at radius 3 is 2.76 bits per heavy atom. The third-order valence-corrected chi connectivity index (χ3v) is 4.86. The van der Waals surface area contributed by atoms with E-state index in [-0.39, 0.29) is 11.7 Å². The van der Waals surface area contributed by atoms with Crippen LogP contribution in [0, 0.1) is 5.41 Å². The molecule has 0 saturated carbocycles. The molecule has 3 N–H and O–H groups in total. The van der Waals surface area contributed by atoms with Crippen molar-refractivity contribution >= 4 is 11.7 Å². The van der Waals surface area contributed by atoms with E-state index in [1.54, 1.807) is 0 Å². The fraction of sp³-hybridized carbons (Fsp3) is 0.867. The van der Waals surface area contributed by atoms with Gasteiger partial charge in [0.1, 0.15) is 5.41 Å². The van der Waals surface area contributed by atoms with Gasteiger partial charge in [-0.3, -0.25) is 4.79 Å². The number of rotatable bonds is 4. The number of oxime groups is 1. The molecule has 120 valence electrons. The van der Waals surface area contributed by atoms with E-state index in [2.05, 4.69) is 12.1 Å². The molecule has 21 heavy (non-hydrogen) atoms. The van der Waals surface area contributed by atoms with Gasteiger partial charge in [0.15, 0.2) is 5.84 Å². The van der Waals surface area contributed by atoms with Gasteiger partial charge in [-0.1, -0.05) is 18.5 Å². The van der Waals surface area contributed by atoms with Gasteiger partial charge in [0.05, 0.1) is 0 Å². The highest BCUT2D eigenvalue weighted by atomic mass is 16.5. The van der Waals surface area contributed by atoms with Crippen LogP contribution in [0.3, 0.4) is 0 Å². The molecule has 0 spiro atoms. The van der Waals surface area contributed by atoms with Crippen LogP contribution in [-0.4, -0.2) is 47.7 Å². The largest absolute Gasteiger partial charge is 0.409 e. The molecule has 0 aromatic carbocycles. The second kappa shape index (κ2) is 7.11. The summed E-state index contributed by atoms with van der Waals surface area (Å²) >= 11 is 0. The summed E-state index contributed by atoms with van der Waals surface area (Å²) in [6.07, 6.45) is 6.35. The van der Waals surface area contributed by atoms with Gasteiger partial charge in [-0.05, 0) is 38.5 Å². The summed E-state index contributed by atoms with van der Waals surface area (Å²) in [5, 5.41) is 12.3. The Kier molecular flexibility index (Phi) is 5.45. The molecule has 2 aliphatic rings. The van der Waals surface area contributed by atoms with Crippen LogP contribution in [0.15, 0.2) is 5.16 Å². The third-order valence-electron chi connectivity index (χ3n) is 4.86. The van der Waals surface area contributed by atoms with Gasteiger partial charge in [0.2, 0.25) is 5.91 Å². The molecule has 6 heteroatoms. The normalized spacial score (nSPS) is 26.6. The molecule has 2 rings (SSSR count). The van der Waals surface area contributed by atoms with Crippen LogP contribution >= 0.6 is 0 Å². The molecule has 0 radical (unpaired) electrons. The summed E-state index contributed by atoms with van der Waals surface area (Å²) in [5.41, 5.74) is 5.03.